The molecule has 0 aromatic heterocycles. The van der Waals surface area contributed by atoms with E-state index in [0.717, 1.165) is 0 Å². The topological polar surface area (TPSA) is 92.4 Å². The molecule has 19 heavy (non-hydrogen) atoms. The van der Waals surface area contributed by atoms with E-state index in [1.807, 2.05) is 13.8 Å². The normalized spacial score (nSPS) is 12.6. The van der Waals surface area contributed by atoms with Crippen molar-refractivity contribution in [3.63, 3.8) is 0 Å². The van der Waals surface area contributed by atoms with Gasteiger partial charge in [-0.2, -0.15) is 0 Å². The van der Waals surface area contributed by atoms with Gasteiger partial charge in [0, 0.05) is 4.47 Å². The maximum atomic E-state index is 12.4. The minimum atomic E-state index is -3.77. The van der Waals surface area contributed by atoms with Crippen LogP contribution in [0.25, 0.3) is 0 Å². The van der Waals surface area contributed by atoms with E-state index in [-0.39, 0.29) is 17.2 Å². The number of halogens is 1. The van der Waals surface area contributed by atoms with Crippen molar-refractivity contribution in [3.05, 3.63) is 22.7 Å². The van der Waals surface area contributed by atoms with E-state index in [0.29, 0.717) is 17.3 Å². The molecule has 0 unspecified atom stereocenters. The summed E-state index contributed by atoms with van der Waals surface area (Å²) in [6, 6.07) is 4.65. The Kier molecular flexibility index (Phi) is 5.37. The zero-order valence-corrected chi connectivity index (χ0v) is 13.4. The summed E-state index contributed by atoms with van der Waals surface area (Å²) in [5, 5.41) is 9.44. The number of nitrogens with one attached hydrogen (secondary N) is 1. The molecule has 0 aliphatic heterocycles. The molecule has 4 N–H and O–H groups in total. The maximum absolute atomic E-state index is 12.4. The summed E-state index contributed by atoms with van der Waals surface area (Å²) in [5.41, 5.74) is 5.04. The van der Waals surface area contributed by atoms with E-state index >= 15 is 0 Å². The van der Waals surface area contributed by atoms with Crippen LogP contribution < -0.4 is 10.5 Å². The standard InChI is InChI=1S/C12H19BrN2O3S/c1-3-12(4-2,8-16)15-19(17,18)11-7-9(13)5-6-10(11)14/h5-7,15-16H,3-4,8,14H2,1-2H3. The van der Waals surface area contributed by atoms with Crippen LogP contribution in [-0.2, 0) is 10.0 Å². The van der Waals surface area contributed by atoms with E-state index in [1.54, 1.807) is 6.07 Å². The van der Waals surface area contributed by atoms with Crippen molar-refractivity contribution in [3.8, 4) is 0 Å². The van der Waals surface area contributed by atoms with Crippen LogP contribution in [0.1, 0.15) is 26.7 Å². The molecule has 1 aromatic rings. The molecule has 1 rings (SSSR count). The molecule has 0 atom stereocenters. The average molecular weight is 351 g/mol. The van der Waals surface area contributed by atoms with Gasteiger partial charge in [-0.1, -0.05) is 29.8 Å². The number of aliphatic hydroxyl groups excluding tert-OH is 1. The number of aliphatic hydroxyl groups is 1. The first-order valence-electron chi connectivity index (χ1n) is 6.00. The second-order valence-corrected chi connectivity index (χ2v) is 7.00. The van der Waals surface area contributed by atoms with Crippen molar-refractivity contribution in [2.45, 2.75) is 37.1 Å². The van der Waals surface area contributed by atoms with Crippen molar-refractivity contribution in [1.82, 2.24) is 4.72 Å². The fourth-order valence-electron chi connectivity index (χ4n) is 1.73. The van der Waals surface area contributed by atoms with Gasteiger partial charge in [0.05, 0.1) is 17.8 Å². The number of nitrogens with two attached hydrogens (primary N) is 1. The lowest BCUT2D eigenvalue weighted by molar-refractivity contribution is 0.172. The van der Waals surface area contributed by atoms with Gasteiger partial charge in [0.1, 0.15) is 4.90 Å². The lowest BCUT2D eigenvalue weighted by atomic mass is 9.96. The predicted molar refractivity (Wildman–Crippen MR) is 79.3 cm³/mol. The Hall–Kier alpha value is -0.630. The summed E-state index contributed by atoms with van der Waals surface area (Å²) in [7, 11) is -3.77. The molecule has 5 nitrogen and oxygen atoms in total. The van der Waals surface area contributed by atoms with Crippen LogP contribution >= 0.6 is 15.9 Å². The first-order valence-corrected chi connectivity index (χ1v) is 8.27. The Morgan fingerprint density at radius 1 is 1.37 bits per heavy atom. The van der Waals surface area contributed by atoms with Gasteiger partial charge < -0.3 is 10.8 Å². The number of rotatable bonds is 6. The predicted octanol–water partition coefficient (Wildman–Crippen LogP) is 1.86. The van der Waals surface area contributed by atoms with E-state index in [4.69, 9.17) is 5.73 Å². The molecule has 1 aromatic carbocycles. The zero-order chi connectivity index (χ0) is 14.7. The molecule has 0 spiro atoms. The van der Waals surface area contributed by atoms with Crippen molar-refractivity contribution < 1.29 is 13.5 Å². The Labute approximate surface area is 122 Å². The highest BCUT2D eigenvalue weighted by Gasteiger charge is 2.32. The van der Waals surface area contributed by atoms with Crippen LogP contribution in [0.2, 0.25) is 0 Å². The Balaban J connectivity index is 3.21. The summed E-state index contributed by atoms with van der Waals surface area (Å²) in [5.74, 6) is 0. The number of hydrogen-bond acceptors (Lipinski definition) is 4. The highest BCUT2D eigenvalue weighted by molar-refractivity contribution is 9.10. The summed E-state index contributed by atoms with van der Waals surface area (Å²) < 4.78 is 27.9. The molecule has 0 aliphatic rings. The minimum absolute atomic E-state index is 0.0154. The molecule has 0 radical (unpaired) electrons. The second kappa shape index (κ2) is 6.21. The molecule has 0 amide bonds. The number of hydrogen-bond donors (Lipinski definition) is 3. The molecule has 0 bridgehead atoms. The molecule has 0 saturated carbocycles. The van der Waals surface area contributed by atoms with Crippen LogP contribution in [0, 0.1) is 0 Å². The lowest BCUT2D eigenvalue weighted by Crippen LogP contribution is -2.50. The average Bonchev–Trinajstić information content (AvgIpc) is 2.39. The maximum Gasteiger partial charge on any atom is 0.243 e. The number of nitrogen functional groups attached to an aromatic ring is 1. The van der Waals surface area contributed by atoms with Crippen molar-refractivity contribution in [2.24, 2.45) is 0 Å². The molecule has 0 aliphatic carbocycles. The molecular formula is C12H19BrN2O3S. The molecule has 0 heterocycles. The molecule has 0 saturated heterocycles. The fourth-order valence-corrected chi connectivity index (χ4v) is 3.94. The van der Waals surface area contributed by atoms with Gasteiger partial charge in [-0.15, -0.1) is 0 Å². The van der Waals surface area contributed by atoms with Gasteiger partial charge in [-0.3, -0.25) is 0 Å². The van der Waals surface area contributed by atoms with E-state index in [2.05, 4.69) is 20.7 Å². The van der Waals surface area contributed by atoms with Crippen LogP contribution in [-0.4, -0.2) is 25.7 Å². The first kappa shape index (κ1) is 16.4. The molecular weight excluding hydrogens is 332 g/mol. The van der Waals surface area contributed by atoms with Crippen LogP contribution in [0.5, 0.6) is 0 Å². The highest BCUT2D eigenvalue weighted by atomic mass is 79.9. The van der Waals surface area contributed by atoms with Gasteiger partial charge in [0.2, 0.25) is 10.0 Å². The van der Waals surface area contributed by atoms with Crippen molar-refractivity contribution in [2.75, 3.05) is 12.3 Å². The Morgan fingerprint density at radius 2 is 1.95 bits per heavy atom. The number of sulfonamides is 1. The quantitative estimate of drug-likeness (QED) is 0.682. The van der Waals surface area contributed by atoms with Gasteiger partial charge >= 0.3 is 0 Å². The van der Waals surface area contributed by atoms with Crippen LogP contribution in [0.3, 0.4) is 0 Å². The molecule has 108 valence electrons. The summed E-state index contributed by atoms with van der Waals surface area (Å²) >= 11 is 3.22. The van der Waals surface area contributed by atoms with Crippen molar-refractivity contribution in [1.29, 1.82) is 0 Å². The minimum Gasteiger partial charge on any atom is -0.398 e. The third-order valence-corrected chi connectivity index (χ3v) is 5.40. The molecule has 7 heteroatoms. The van der Waals surface area contributed by atoms with Crippen molar-refractivity contribution >= 4 is 31.6 Å². The third kappa shape index (κ3) is 3.68. The Morgan fingerprint density at radius 3 is 2.42 bits per heavy atom. The van der Waals surface area contributed by atoms with Gasteiger partial charge in [-0.25, -0.2) is 13.1 Å². The fraction of sp³-hybridized carbons (Fsp3) is 0.500. The monoisotopic (exact) mass is 350 g/mol. The van der Waals surface area contributed by atoms with E-state index in [1.165, 1.54) is 12.1 Å². The SMILES string of the molecule is CCC(CC)(CO)NS(=O)(=O)c1cc(Br)ccc1N. The van der Waals surface area contributed by atoms with E-state index in [9.17, 15) is 13.5 Å². The lowest BCUT2D eigenvalue weighted by Gasteiger charge is -2.30. The zero-order valence-electron chi connectivity index (χ0n) is 11.0. The summed E-state index contributed by atoms with van der Waals surface area (Å²) in [6.07, 6.45) is 0.986. The summed E-state index contributed by atoms with van der Waals surface area (Å²) in [4.78, 5) is 0.0154. The van der Waals surface area contributed by atoms with Crippen LogP contribution in [0.4, 0.5) is 5.69 Å². The third-order valence-electron chi connectivity index (χ3n) is 3.27. The number of benzene rings is 1. The second-order valence-electron chi connectivity index (χ2n) is 4.43. The molecule has 0 fully saturated rings. The van der Waals surface area contributed by atoms with Gasteiger partial charge in [0.15, 0.2) is 0 Å². The smallest absolute Gasteiger partial charge is 0.243 e. The van der Waals surface area contributed by atoms with Gasteiger partial charge in [-0.05, 0) is 31.0 Å². The van der Waals surface area contributed by atoms with Crippen LogP contribution in [0.15, 0.2) is 27.6 Å². The van der Waals surface area contributed by atoms with E-state index < -0.39 is 15.6 Å². The first-order chi connectivity index (χ1) is 8.80. The Bertz CT molecular complexity index is 534. The number of anilines is 1. The van der Waals surface area contributed by atoms with Gasteiger partial charge in [0.25, 0.3) is 0 Å². The largest absolute Gasteiger partial charge is 0.398 e. The summed E-state index contributed by atoms with van der Waals surface area (Å²) in [6.45, 7) is 3.39. The highest BCUT2D eigenvalue weighted by Crippen LogP contribution is 2.25.